The van der Waals surface area contributed by atoms with Crippen LogP contribution < -0.4 is 0 Å². The Morgan fingerprint density at radius 2 is 2.00 bits per heavy atom. The van der Waals surface area contributed by atoms with Crippen molar-refractivity contribution in [3.05, 3.63) is 39.8 Å². The van der Waals surface area contributed by atoms with Gasteiger partial charge < -0.3 is 5.11 Å². The molecule has 0 saturated carbocycles. The van der Waals surface area contributed by atoms with Crippen LogP contribution in [0.15, 0.2) is 34.1 Å². The van der Waals surface area contributed by atoms with Crippen molar-refractivity contribution in [2.45, 2.75) is 6.61 Å². The number of rotatable bonds is 2. The van der Waals surface area contributed by atoms with Crippen molar-refractivity contribution in [2.75, 3.05) is 0 Å². The molecule has 0 saturated heterocycles. The maximum atomic E-state index is 8.99. The molecular weight excluding hydrogens is 262 g/mol. The topological polar surface area (TPSA) is 33.1 Å². The molecular formula is C10H8BrNOS. The summed E-state index contributed by atoms with van der Waals surface area (Å²) in [5, 5.41) is 9.92. The van der Waals surface area contributed by atoms with E-state index in [0.29, 0.717) is 5.69 Å². The number of aliphatic hydroxyl groups excluding tert-OH is 1. The van der Waals surface area contributed by atoms with Crippen molar-refractivity contribution in [2.24, 2.45) is 0 Å². The fourth-order valence-electron chi connectivity index (χ4n) is 1.13. The molecule has 0 aliphatic heterocycles. The standard InChI is InChI=1S/C10H8BrNOS/c11-9-8(6-13)12-10(14-9)7-4-2-1-3-5-7/h1-5,13H,6H2. The Kier molecular flexibility index (Phi) is 2.96. The Hall–Kier alpha value is -0.710. The molecule has 0 aliphatic rings. The van der Waals surface area contributed by atoms with E-state index in [1.54, 1.807) is 0 Å². The smallest absolute Gasteiger partial charge is 0.124 e. The van der Waals surface area contributed by atoms with Gasteiger partial charge in [-0.15, -0.1) is 11.3 Å². The van der Waals surface area contributed by atoms with Gasteiger partial charge in [-0.25, -0.2) is 4.98 Å². The first-order valence-electron chi connectivity index (χ1n) is 4.12. The lowest BCUT2D eigenvalue weighted by Gasteiger charge is -1.92. The molecule has 2 rings (SSSR count). The van der Waals surface area contributed by atoms with Crippen LogP contribution in [-0.4, -0.2) is 10.1 Å². The normalized spacial score (nSPS) is 10.4. The van der Waals surface area contributed by atoms with E-state index >= 15 is 0 Å². The molecule has 2 nitrogen and oxygen atoms in total. The van der Waals surface area contributed by atoms with Crippen LogP contribution in [0.25, 0.3) is 10.6 Å². The average Bonchev–Trinajstić information content (AvgIpc) is 2.61. The third-order valence-electron chi connectivity index (χ3n) is 1.82. The highest BCUT2D eigenvalue weighted by molar-refractivity contribution is 9.11. The van der Waals surface area contributed by atoms with Gasteiger partial charge in [-0.1, -0.05) is 30.3 Å². The average molecular weight is 270 g/mol. The zero-order valence-electron chi connectivity index (χ0n) is 7.27. The fraction of sp³-hybridized carbons (Fsp3) is 0.100. The van der Waals surface area contributed by atoms with E-state index in [0.717, 1.165) is 14.4 Å². The molecule has 0 aliphatic carbocycles. The minimum atomic E-state index is -0.0239. The number of nitrogens with zero attached hydrogens (tertiary/aromatic N) is 1. The SMILES string of the molecule is OCc1nc(-c2ccccc2)sc1Br. The minimum Gasteiger partial charge on any atom is -0.390 e. The first-order valence-corrected chi connectivity index (χ1v) is 5.73. The second-order valence-corrected chi connectivity index (χ2v) is 5.08. The second-order valence-electron chi connectivity index (χ2n) is 2.76. The molecule has 0 amide bonds. The van der Waals surface area contributed by atoms with Crippen LogP contribution in [0.2, 0.25) is 0 Å². The molecule has 1 aromatic heterocycles. The number of halogens is 1. The van der Waals surface area contributed by atoms with E-state index in [2.05, 4.69) is 20.9 Å². The summed E-state index contributed by atoms with van der Waals surface area (Å²) in [6, 6.07) is 9.93. The van der Waals surface area contributed by atoms with Crippen molar-refractivity contribution in [1.82, 2.24) is 4.98 Å². The number of hydrogen-bond donors (Lipinski definition) is 1. The van der Waals surface area contributed by atoms with E-state index < -0.39 is 0 Å². The Labute approximate surface area is 94.4 Å². The molecule has 0 unspecified atom stereocenters. The van der Waals surface area contributed by atoms with Gasteiger partial charge in [0.2, 0.25) is 0 Å². The van der Waals surface area contributed by atoms with Gasteiger partial charge in [-0.3, -0.25) is 0 Å². The van der Waals surface area contributed by atoms with Crippen LogP contribution in [0.4, 0.5) is 0 Å². The van der Waals surface area contributed by atoms with E-state index in [1.807, 2.05) is 30.3 Å². The molecule has 0 atom stereocenters. The number of hydrogen-bond acceptors (Lipinski definition) is 3. The predicted molar refractivity (Wildman–Crippen MR) is 61.2 cm³/mol. The minimum absolute atomic E-state index is 0.0239. The molecule has 1 aromatic carbocycles. The number of benzene rings is 1. The van der Waals surface area contributed by atoms with Crippen molar-refractivity contribution >= 4 is 27.3 Å². The molecule has 0 spiro atoms. The molecule has 0 bridgehead atoms. The van der Waals surface area contributed by atoms with Crippen LogP contribution in [-0.2, 0) is 6.61 Å². The quantitative estimate of drug-likeness (QED) is 0.909. The van der Waals surface area contributed by atoms with Crippen LogP contribution in [0.5, 0.6) is 0 Å². The highest BCUT2D eigenvalue weighted by Gasteiger charge is 2.08. The van der Waals surface area contributed by atoms with Gasteiger partial charge in [0, 0.05) is 5.56 Å². The zero-order chi connectivity index (χ0) is 9.97. The zero-order valence-corrected chi connectivity index (χ0v) is 9.68. The van der Waals surface area contributed by atoms with E-state index in [-0.39, 0.29) is 6.61 Å². The van der Waals surface area contributed by atoms with Crippen molar-refractivity contribution in [3.63, 3.8) is 0 Å². The first kappa shape index (κ1) is 9.83. The van der Waals surface area contributed by atoms with Gasteiger partial charge in [0.05, 0.1) is 16.1 Å². The molecule has 0 fully saturated rings. The Morgan fingerprint density at radius 3 is 2.57 bits per heavy atom. The first-order chi connectivity index (χ1) is 6.81. The van der Waals surface area contributed by atoms with E-state index in [1.165, 1.54) is 11.3 Å². The molecule has 4 heteroatoms. The Morgan fingerprint density at radius 1 is 1.29 bits per heavy atom. The summed E-state index contributed by atoms with van der Waals surface area (Å²) >= 11 is 4.91. The van der Waals surface area contributed by atoms with Gasteiger partial charge in [0.1, 0.15) is 5.01 Å². The lowest BCUT2D eigenvalue weighted by molar-refractivity contribution is 0.277. The predicted octanol–water partition coefficient (Wildman–Crippen LogP) is 3.06. The second kappa shape index (κ2) is 4.21. The maximum Gasteiger partial charge on any atom is 0.124 e. The van der Waals surface area contributed by atoms with Gasteiger partial charge >= 0.3 is 0 Å². The van der Waals surface area contributed by atoms with Gasteiger partial charge in [0.25, 0.3) is 0 Å². The lowest BCUT2D eigenvalue weighted by Crippen LogP contribution is -1.83. The van der Waals surface area contributed by atoms with Crippen LogP contribution >= 0.6 is 27.3 Å². The van der Waals surface area contributed by atoms with Crippen molar-refractivity contribution < 1.29 is 5.11 Å². The summed E-state index contributed by atoms with van der Waals surface area (Å²) in [6.07, 6.45) is 0. The molecule has 72 valence electrons. The number of thiazole rings is 1. The number of aliphatic hydroxyl groups is 1. The fourth-order valence-corrected chi connectivity index (χ4v) is 2.62. The van der Waals surface area contributed by atoms with Gasteiger partial charge in [-0.2, -0.15) is 0 Å². The van der Waals surface area contributed by atoms with E-state index in [4.69, 9.17) is 5.11 Å². The highest BCUT2D eigenvalue weighted by Crippen LogP contribution is 2.31. The van der Waals surface area contributed by atoms with Crippen LogP contribution in [0, 0.1) is 0 Å². The van der Waals surface area contributed by atoms with Gasteiger partial charge in [-0.05, 0) is 15.9 Å². The lowest BCUT2D eigenvalue weighted by atomic mass is 10.2. The molecule has 14 heavy (non-hydrogen) atoms. The van der Waals surface area contributed by atoms with Gasteiger partial charge in [0.15, 0.2) is 0 Å². The summed E-state index contributed by atoms with van der Waals surface area (Å²) in [6.45, 7) is -0.0239. The maximum absolute atomic E-state index is 8.99. The van der Waals surface area contributed by atoms with Crippen molar-refractivity contribution in [3.8, 4) is 10.6 Å². The van der Waals surface area contributed by atoms with Crippen LogP contribution in [0.3, 0.4) is 0 Å². The molecule has 0 radical (unpaired) electrons. The summed E-state index contributed by atoms with van der Waals surface area (Å²) in [4.78, 5) is 4.32. The van der Waals surface area contributed by atoms with Crippen molar-refractivity contribution in [1.29, 1.82) is 0 Å². The Bertz CT molecular complexity index is 427. The summed E-state index contributed by atoms with van der Waals surface area (Å²) < 4.78 is 0.902. The third-order valence-corrected chi connectivity index (χ3v) is 3.70. The number of aromatic nitrogens is 1. The summed E-state index contributed by atoms with van der Waals surface area (Å²) in [7, 11) is 0. The Balaban J connectivity index is 2.43. The summed E-state index contributed by atoms with van der Waals surface area (Å²) in [5.41, 5.74) is 1.78. The molecule has 2 aromatic rings. The largest absolute Gasteiger partial charge is 0.390 e. The summed E-state index contributed by atoms with van der Waals surface area (Å²) in [5.74, 6) is 0. The monoisotopic (exact) mass is 269 g/mol. The highest BCUT2D eigenvalue weighted by atomic mass is 79.9. The third kappa shape index (κ3) is 1.87. The molecule has 1 heterocycles. The van der Waals surface area contributed by atoms with E-state index in [9.17, 15) is 0 Å². The molecule has 1 N–H and O–H groups in total. The van der Waals surface area contributed by atoms with Crippen LogP contribution in [0.1, 0.15) is 5.69 Å².